The van der Waals surface area contributed by atoms with Gasteiger partial charge in [0.2, 0.25) is 0 Å². The van der Waals surface area contributed by atoms with E-state index in [-0.39, 0.29) is 11.4 Å². The molecule has 0 aliphatic heterocycles. The molecule has 1 aromatic rings. The largest absolute Gasteiger partial charge is 0.434 e. The van der Waals surface area contributed by atoms with Crippen LogP contribution in [0.5, 0.6) is 0 Å². The van der Waals surface area contributed by atoms with Gasteiger partial charge in [-0.15, -0.1) is 11.3 Å². The first-order chi connectivity index (χ1) is 6.54. The van der Waals surface area contributed by atoms with Gasteiger partial charge < -0.3 is 4.79 Å². The van der Waals surface area contributed by atoms with Crippen LogP contribution in [0, 0.1) is 11.8 Å². The summed E-state index contributed by atoms with van der Waals surface area (Å²) in [7, 11) is 0. The summed E-state index contributed by atoms with van der Waals surface area (Å²) in [5.41, 5.74) is -0.946. The van der Waals surface area contributed by atoms with Crippen LogP contribution < -0.4 is 0 Å². The maximum absolute atomic E-state index is 12.0. The van der Waals surface area contributed by atoms with Crippen molar-refractivity contribution < 1.29 is 18.0 Å². The third-order valence-corrected chi connectivity index (χ3v) is 1.93. The predicted octanol–water partition coefficient (Wildman–Crippen LogP) is 2.10. The van der Waals surface area contributed by atoms with E-state index in [2.05, 4.69) is 16.8 Å². The summed E-state index contributed by atoms with van der Waals surface area (Å²) in [6.45, 7) is 0. The molecule has 0 spiro atoms. The minimum absolute atomic E-state index is 0.000924. The lowest BCUT2D eigenvalue weighted by Crippen LogP contribution is -2.04. The van der Waals surface area contributed by atoms with E-state index in [1.807, 2.05) is 0 Å². The van der Waals surface area contributed by atoms with E-state index < -0.39 is 11.9 Å². The van der Waals surface area contributed by atoms with Gasteiger partial charge in [-0.3, -0.25) is 0 Å². The SMILES string of the molecule is O=CCC#Cc1nc(C(F)(F)F)cs1. The fourth-order valence-corrected chi connectivity index (χ4v) is 1.32. The van der Waals surface area contributed by atoms with Crippen LogP contribution in [0.1, 0.15) is 17.1 Å². The first-order valence-electron chi connectivity index (χ1n) is 3.49. The van der Waals surface area contributed by atoms with Gasteiger partial charge in [-0.2, -0.15) is 13.2 Å². The number of aldehydes is 1. The van der Waals surface area contributed by atoms with Crippen molar-refractivity contribution in [2.24, 2.45) is 0 Å². The van der Waals surface area contributed by atoms with Crippen LogP contribution in [0.25, 0.3) is 0 Å². The van der Waals surface area contributed by atoms with Crippen molar-refractivity contribution in [2.45, 2.75) is 12.6 Å². The highest BCUT2D eigenvalue weighted by atomic mass is 32.1. The Hall–Kier alpha value is -1.35. The smallest absolute Gasteiger partial charge is 0.302 e. The lowest BCUT2D eigenvalue weighted by molar-refractivity contribution is -0.140. The van der Waals surface area contributed by atoms with E-state index in [9.17, 15) is 18.0 Å². The number of halogens is 3. The molecule has 0 aliphatic rings. The molecule has 0 saturated carbocycles. The topological polar surface area (TPSA) is 30.0 Å². The molecule has 0 unspecified atom stereocenters. The van der Waals surface area contributed by atoms with Crippen LogP contribution in [-0.4, -0.2) is 11.3 Å². The Morgan fingerprint density at radius 1 is 1.57 bits per heavy atom. The summed E-state index contributed by atoms with van der Waals surface area (Å²) < 4.78 is 36.1. The summed E-state index contributed by atoms with van der Waals surface area (Å²) in [5.74, 6) is 4.74. The van der Waals surface area contributed by atoms with Gasteiger partial charge >= 0.3 is 6.18 Å². The molecule has 1 heterocycles. The number of carbonyl (C=O) groups is 1. The molecule has 0 amide bonds. The molecule has 6 heteroatoms. The zero-order valence-electron chi connectivity index (χ0n) is 6.76. The second kappa shape index (κ2) is 4.24. The van der Waals surface area contributed by atoms with Gasteiger partial charge in [-0.1, -0.05) is 5.92 Å². The van der Waals surface area contributed by atoms with Crippen LogP contribution in [0.3, 0.4) is 0 Å². The second-order valence-electron chi connectivity index (χ2n) is 2.21. The molecule has 0 aromatic carbocycles. The molecule has 0 aliphatic carbocycles. The van der Waals surface area contributed by atoms with Gasteiger partial charge in [0.05, 0.1) is 6.42 Å². The Bertz CT molecular complexity index is 385. The van der Waals surface area contributed by atoms with Gasteiger partial charge in [0.25, 0.3) is 0 Å². The lowest BCUT2D eigenvalue weighted by Gasteiger charge is -1.98. The molecule has 2 nitrogen and oxygen atoms in total. The highest BCUT2D eigenvalue weighted by Gasteiger charge is 2.33. The Morgan fingerprint density at radius 3 is 2.79 bits per heavy atom. The molecule has 0 fully saturated rings. The molecular weight excluding hydrogens is 215 g/mol. The van der Waals surface area contributed by atoms with Crippen LogP contribution in [0.15, 0.2) is 5.38 Å². The fraction of sp³-hybridized carbons (Fsp3) is 0.250. The molecule has 0 atom stereocenters. The minimum Gasteiger partial charge on any atom is -0.302 e. The molecule has 0 saturated heterocycles. The maximum Gasteiger partial charge on any atom is 0.434 e. The molecule has 14 heavy (non-hydrogen) atoms. The van der Waals surface area contributed by atoms with Crippen molar-refractivity contribution in [3.05, 3.63) is 16.1 Å². The number of carbonyl (C=O) groups excluding carboxylic acids is 1. The number of alkyl halides is 3. The van der Waals surface area contributed by atoms with E-state index in [4.69, 9.17) is 0 Å². The van der Waals surface area contributed by atoms with Crippen molar-refractivity contribution in [1.29, 1.82) is 0 Å². The Labute approximate surface area is 81.8 Å². The van der Waals surface area contributed by atoms with E-state index in [1.165, 1.54) is 0 Å². The van der Waals surface area contributed by atoms with Crippen molar-refractivity contribution >= 4 is 17.6 Å². The van der Waals surface area contributed by atoms with Gasteiger partial charge in [0.15, 0.2) is 10.7 Å². The van der Waals surface area contributed by atoms with Gasteiger partial charge in [0, 0.05) is 5.38 Å². The summed E-state index contributed by atoms with van der Waals surface area (Å²) in [5, 5.41) is 0.962. The van der Waals surface area contributed by atoms with Crippen LogP contribution in [0.4, 0.5) is 13.2 Å². The highest BCUT2D eigenvalue weighted by Crippen LogP contribution is 2.29. The number of rotatable bonds is 1. The number of nitrogens with zero attached hydrogens (tertiary/aromatic N) is 1. The number of aromatic nitrogens is 1. The third-order valence-electron chi connectivity index (χ3n) is 1.18. The average molecular weight is 219 g/mol. The van der Waals surface area contributed by atoms with Gasteiger partial charge in [-0.25, -0.2) is 4.98 Å². The number of hydrogen-bond acceptors (Lipinski definition) is 3. The van der Waals surface area contributed by atoms with Crippen molar-refractivity contribution in [2.75, 3.05) is 0 Å². The van der Waals surface area contributed by atoms with Crippen molar-refractivity contribution in [3.63, 3.8) is 0 Å². The molecule has 74 valence electrons. The Kier molecular flexibility index (Phi) is 3.25. The standard InChI is InChI=1S/C8H4F3NOS/c9-8(10,11)6-5-14-7(12-6)3-1-2-4-13/h4-5H,2H2. The monoisotopic (exact) mass is 219 g/mol. The third kappa shape index (κ3) is 2.85. The molecular formula is C8H4F3NOS. The normalized spacial score (nSPS) is 10.5. The van der Waals surface area contributed by atoms with E-state index >= 15 is 0 Å². The second-order valence-corrected chi connectivity index (χ2v) is 3.07. The van der Waals surface area contributed by atoms with Crippen molar-refractivity contribution in [3.8, 4) is 11.8 Å². The fourth-order valence-electron chi connectivity index (χ4n) is 0.630. The first-order valence-corrected chi connectivity index (χ1v) is 4.37. The quantitative estimate of drug-likeness (QED) is 0.534. The van der Waals surface area contributed by atoms with Crippen LogP contribution in [0.2, 0.25) is 0 Å². The molecule has 1 rings (SSSR count). The summed E-state index contributed by atoms with van der Waals surface area (Å²) in [4.78, 5) is 13.1. The average Bonchev–Trinajstić information content (AvgIpc) is 2.52. The van der Waals surface area contributed by atoms with E-state index in [0.717, 1.165) is 16.7 Å². The van der Waals surface area contributed by atoms with E-state index in [1.54, 1.807) is 0 Å². The molecule has 0 bridgehead atoms. The molecule has 1 aromatic heterocycles. The van der Waals surface area contributed by atoms with Crippen LogP contribution >= 0.6 is 11.3 Å². The Balaban J connectivity index is 2.80. The first kappa shape index (κ1) is 10.7. The van der Waals surface area contributed by atoms with Crippen LogP contribution in [-0.2, 0) is 11.0 Å². The zero-order valence-corrected chi connectivity index (χ0v) is 7.58. The Morgan fingerprint density at radius 2 is 2.29 bits per heavy atom. The summed E-state index contributed by atoms with van der Waals surface area (Å²) in [6.07, 6.45) is -3.85. The highest BCUT2D eigenvalue weighted by molar-refractivity contribution is 7.10. The van der Waals surface area contributed by atoms with Crippen molar-refractivity contribution in [1.82, 2.24) is 4.98 Å². The van der Waals surface area contributed by atoms with Gasteiger partial charge in [0.1, 0.15) is 6.29 Å². The summed E-state index contributed by atoms with van der Waals surface area (Å²) >= 11 is 0.806. The van der Waals surface area contributed by atoms with E-state index in [0.29, 0.717) is 6.29 Å². The number of hydrogen-bond donors (Lipinski definition) is 0. The minimum atomic E-state index is -4.43. The maximum atomic E-state index is 12.0. The predicted molar refractivity (Wildman–Crippen MR) is 44.7 cm³/mol. The molecule has 0 N–H and O–H groups in total. The van der Waals surface area contributed by atoms with Gasteiger partial charge in [-0.05, 0) is 5.92 Å². The lowest BCUT2D eigenvalue weighted by atomic mass is 10.4. The summed E-state index contributed by atoms with van der Waals surface area (Å²) in [6, 6.07) is 0. The molecule has 0 radical (unpaired) electrons. The number of thiazole rings is 1. The zero-order chi connectivity index (χ0) is 10.6.